The van der Waals surface area contributed by atoms with Crippen molar-refractivity contribution in [1.29, 1.82) is 0 Å². The number of carbonyl (C=O) groups excluding carboxylic acids is 1. The Balaban J connectivity index is 1.56. The lowest BCUT2D eigenvalue weighted by atomic mass is 10.1. The molecule has 2 heterocycles. The monoisotopic (exact) mass is 398 g/mol. The molecule has 30 heavy (non-hydrogen) atoms. The van der Waals surface area contributed by atoms with Gasteiger partial charge in [0.2, 0.25) is 0 Å². The minimum absolute atomic E-state index is 0.285. The SMILES string of the molecule is Cn1c(C(NC(=O)c2cc3cc(F)ccc3[nH]2)c2ccccc2)nc2ccccc21. The van der Waals surface area contributed by atoms with Crippen molar-refractivity contribution in [3.05, 3.63) is 102 Å². The van der Waals surface area contributed by atoms with E-state index < -0.39 is 6.04 Å². The fourth-order valence-corrected chi connectivity index (χ4v) is 3.80. The summed E-state index contributed by atoms with van der Waals surface area (Å²) in [5.74, 6) is 0.112. The van der Waals surface area contributed by atoms with E-state index in [2.05, 4.69) is 10.3 Å². The molecule has 148 valence electrons. The van der Waals surface area contributed by atoms with Gasteiger partial charge >= 0.3 is 0 Å². The number of nitrogens with one attached hydrogen (secondary N) is 2. The number of fused-ring (bicyclic) bond motifs is 2. The van der Waals surface area contributed by atoms with Gasteiger partial charge in [0.05, 0.1) is 11.0 Å². The van der Waals surface area contributed by atoms with Gasteiger partial charge in [-0.25, -0.2) is 9.37 Å². The summed E-state index contributed by atoms with van der Waals surface area (Å²) in [5.41, 5.74) is 3.86. The molecule has 0 spiro atoms. The minimum Gasteiger partial charge on any atom is -0.351 e. The first kappa shape index (κ1) is 18.1. The van der Waals surface area contributed by atoms with E-state index in [4.69, 9.17) is 4.98 Å². The zero-order chi connectivity index (χ0) is 20.7. The molecule has 6 heteroatoms. The largest absolute Gasteiger partial charge is 0.351 e. The number of halogens is 1. The zero-order valence-electron chi connectivity index (χ0n) is 16.3. The number of aromatic nitrogens is 3. The number of benzene rings is 3. The number of aryl methyl sites for hydroxylation is 1. The lowest BCUT2D eigenvalue weighted by molar-refractivity contribution is 0.0937. The number of hydrogen-bond acceptors (Lipinski definition) is 2. The van der Waals surface area contributed by atoms with Gasteiger partial charge < -0.3 is 14.9 Å². The Hall–Kier alpha value is -3.93. The topological polar surface area (TPSA) is 62.7 Å². The van der Waals surface area contributed by atoms with Crippen molar-refractivity contribution in [2.75, 3.05) is 0 Å². The van der Waals surface area contributed by atoms with Crippen molar-refractivity contribution >= 4 is 27.8 Å². The second kappa shape index (κ2) is 7.15. The summed E-state index contributed by atoms with van der Waals surface area (Å²) < 4.78 is 15.5. The van der Waals surface area contributed by atoms with Crippen LogP contribution >= 0.6 is 0 Å². The summed E-state index contributed by atoms with van der Waals surface area (Å²) in [6.45, 7) is 0. The van der Waals surface area contributed by atoms with Crippen LogP contribution in [0.2, 0.25) is 0 Å². The molecule has 1 unspecified atom stereocenters. The molecule has 5 rings (SSSR count). The molecule has 0 aliphatic rings. The molecule has 0 saturated carbocycles. The number of amides is 1. The second-order valence-electron chi connectivity index (χ2n) is 7.25. The smallest absolute Gasteiger partial charge is 0.268 e. The molecule has 3 aromatic carbocycles. The summed E-state index contributed by atoms with van der Waals surface area (Å²) >= 11 is 0. The van der Waals surface area contributed by atoms with Crippen LogP contribution in [-0.2, 0) is 7.05 Å². The molecule has 0 aliphatic heterocycles. The zero-order valence-corrected chi connectivity index (χ0v) is 16.3. The van der Waals surface area contributed by atoms with Crippen molar-refractivity contribution in [1.82, 2.24) is 19.9 Å². The van der Waals surface area contributed by atoms with Gasteiger partial charge in [0, 0.05) is 18.0 Å². The van der Waals surface area contributed by atoms with E-state index in [0.29, 0.717) is 16.6 Å². The molecule has 0 saturated heterocycles. The minimum atomic E-state index is -0.445. The maximum absolute atomic E-state index is 13.5. The Kier molecular flexibility index (Phi) is 4.32. The molecule has 5 aromatic rings. The summed E-state index contributed by atoms with van der Waals surface area (Å²) in [7, 11) is 1.94. The number of nitrogens with zero attached hydrogens (tertiary/aromatic N) is 2. The standard InChI is InChI=1S/C24H19FN4O/c1-29-21-10-6-5-9-19(21)27-23(29)22(15-7-3-2-4-8-15)28-24(30)20-14-16-13-17(25)11-12-18(16)26-20/h2-14,22,26H,1H3,(H,28,30). The molecule has 0 radical (unpaired) electrons. The first-order valence-corrected chi connectivity index (χ1v) is 9.65. The molecular formula is C24H19FN4O. The predicted molar refractivity (Wildman–Crippen MR) is 115 cm³/mol. The number of rotatable bonds is 4. The van der Waals surface area contributed by atoms with E-state index in [9.17, 15) is 9.18 Å². The highest BCUT2D eigenvalue weighted by atomic mass is 19.1. The highest BCUT2D eigenvalue weighted by Crippen LogP contribution is 2.26. The van der Waals surface area contributed by atoms with Gasteiger partial charge in [-0.2, -0.15) is 0 Å². The second-order valence-corrected chi connectivity index (χ2v) is 7.25. The third-order valence-electron chi connectivity index (χ3n) is 5.32. The Morgan fingerprint density at radius 2 is 1.80 bits per heavy atom. The van der Waals surface area contributed by atoms with Crippen LogP contribution in [0.15, 0.2) is 78.9 Å². The summed E-state index contributed by atoms with van der Waals surface area (Å²) in [6.07, 6.45) is 0. The number of imidazole rings is 1. The molecule has 5 nitrogen and oxygen atoms in total. The molecule has 1 amide bonds. The van der Waals surface area contributed by atoms with E-state index in [1.54, 1.807) is 12.1 Å². The first-order valence-electron chi connectivity index (χ1n) is 9.65. The van der Waals surface area contributed by atoms with Crippen LogP contribution in [-0.4, -0.2) is 20.4 Å². The Morgan fingerprint density at radius 3 is 2.60 bits per heavy atom. The van der Waals surface area contributed by atoms with E-state index >= 15 is 0 Å². The number of para-hydroxylation sites is 2. The molecule has 1 atom stereocenters. The van der Waals surface area contributed by atoms with Crippen molar-refractivity contribution in [3.63, 3.8) is 0 Å². The molecule has 2 aromatic heterocycles. The fraction of sp³-hybridized carbons (Fsp3) is 0.0833. The van der Waals surface area contributed by atoms with Gasteiger partial charge in [0.1, 0.15) is 23.4 Å². The highest BCUT2D eigenvalue weighted by Gasteiger charge is 2.24. The van der Waals surface area contributed by atoms with Gasteiger partial charge in [-0.3, -0.25) is 4.79 Å². The molecule has 0 bridgehead atoms. The first-order chi connectivity index (χ1) is 14.6. The van der Waals surface area contributed by atoms with Crippen LogP contribution in [0.1, 0.15) is 27.9 Å². The average molecular weight is 398 g/mol. The van der Waals surface area contributed by atoms with Crippen molar-refractivity contribution in [2.45, 2.75) is 6.04 Å². The van der Waals surface area contributed by atoms with Gasteiger partial charge in [-0.15, -0.1) is 0 Å². The molecular weight excluding hydrogens is 379 g/mol. The Labute approximate surface area is 172 Å². The van der Waals surface area contributed by atoms with Crippen molar-refractivity contribution in [2.24, 2.45) is 7.05 Å². The quantitative estimate of drug-likeness (QED) is 0.460. The third-order valence-corrected chi connectivity index (χ3v) is 5.32. The average Bonchev–Trinajstić information content (AvgIpc) is 3.34. The van der Waals surface area contributed by atoms with E-state index in [0.717, 1.165) is 22.4 Å². The fourth-order valence-electron chi connectivity index (χ4n) is 3.80. The van der Waals surface area contributed by atoms with Crippen LogP contribution in [0, 0.1) is 5.82 Å². The van der Waals surface area contributed by atoms with Crippen LogP contribution in [0.25, 0.3) is 21.9 Å². The Morgan fingerprint density at radius 1 is 1.03 bits per heavy atom. The normalized spacial score (nSPS) is 12.3. The van der Waals surface area contributed by atoms with Crippen LogP contribution in [0.5, 0.6) is 0 Å². The van der Waals surface area contributed by atoms with E-state index in [-0.39, 0.29) is 11.7 Å². The maximum atomic E-state index is 13.5. The molecule has 0 fully saturated rings. The number of carbonyl (C=O) groups is 1. The number of H-pyrrole nitrogens is 1. The lowest BCUT2D eigenvalue weighted by Crippen LogP contribution is -2.31. The number of hydrogen-bond donors (Lipinski definition) is 2. The summed E-state index contributed by atoms with van der Waals surface area (Å²) in [4.78, 5) is 21.0. The van der Waals surface area contributed by atoms with Crippen LogP contribution in [0.4, 0.5) is 4.39 Å². The molecule has 2 N–H and O–H groups in total. The van der Waals surface area contributed by atoms with Crippen LogP contribution < -0.4 is 5.32 Å². The van der Waals surface area contributed by atoms with E-state index in [1.807, 2.05) is 66.2 Å². The van der Waals surface area contributed by atoms with Crippen LogP contribution in [0.3, 0.4) is 0 Å². The van der Waals surface area contributed by atoms with Crippen molar-refractivity contribution < 1.29 is 9.18 Å². The predicted octanol–water partition coefficient (Wildman–Crippen LogP) is 4.71. The van der Waals surface area contributed by atoms with Gasteiger partial charge in [0.15, 0.2) is 0 Å². The lowest BCUT2D eigenvalue weighted by Gasteiger charge is -2.19. The number of aromatic amines is 1. The van der Waals surface area contributed by atoms with Crippen molar-refractivity contribution in [3.8, 4) is 0 Å². The maximum Gasteiger partial charge on any atom is 0.268 e. The van der Waals surface area contributed by atoms with Gasteiger partial charge in [-0.05, 0) is 42.0 Å². The van der Waals surface area contributed by atoms with E-state index in [1.165, 1.54) is 12.1 Å². The summed E-state index contributed by atoms with van der Waals surface area (Å²) in [5, 5.41) is 3.75. The molecule has 0 aliphatic carbocycles. The highest BCUT2D eigenvalue weighted by molar-refractivity contribution is 5.98. The van der Waals surface area contributed by atoms with Gasteiger partial charge in [-0.1, -0.05) is 42.5 Å². The Bertz CT molecular complexity index is 1370. The van der Waals surface area contributed by atoms with Gasteiger partial charge in [0.25, 0.3) is 5.91 Å². The summed E-state index contributed by atoms with van der Waals surface area (Å²) in [6, 6.07) is 23.2. The third kappa shape index (κ3) is 3.12.